The van der Waals surface area contributed by atoms with Gasteiger partial charge in [-0.15, -0.1) is 21.5 Å². The molecule has 1 N–H and O–H groups in total. The Bertz CT molecular complexity index is 970. The number of rotatable bonds is 6. The summed E-state index contributed by atoms with van der Waals surface area (Å²) in [6.07, 6.45) is 2.12. The van der Waals surface area contributed by atoms with Crippen molar-refractivity contribution in [1.29, 1.82) is 0 Å². The summed E-state index contributed by atoms with van der Waals surface area (Å²) in [6, 6.07) is 7.37. The van der Waals surface area contributed by atoms with E-state index in [4.69, 9.17) is 0 Å². The van der Waals surface area contributed by atoms with Crippen molar-refractivity contribution in [3.63, 3.8) is 0 Å². The minimum absolute atomic E-state index is 0.0446. The minimum atomic E-state index is -0.804. The number of halogens is 2. The van der Waals surface area contributed by atoms with Crippen molar-refractivity contribution in [3.05, 3.63) is 47.3 Å². The van der Waals surface area contributed by atoms with Gasteiger partial charge in [-0.05, 0) is 43.3 Å². The van der Waals surface area contributed by atoms with E-state index in [1.165, 1.54) is 17.8 Å². The maximum Gasteiger partial charge on any atom is 0.237 e. The zero-order valence-electron chi connectivity index (χ0n) is 14.4. The van der Waals surface area contributed by atoms with Gasteiger partial charge in [0.25, 0.3) is 0 Å². The summed E-state index contributed by atoms with van der Waals surface area (Å²) >= 11 is 2.87. The van der Waals surface area contributed by atoms with Gasteiger partial charge in [-0.3, -0.25) is 9.36 Å². The molecule has 1 amide bonds. The number of aromatic nitrogens is 3. The van der Waals surface area contributed by atoms with Gasteiger partial charge in [0.15, 0.2) is 11.0 Å². The Morgan fingerprint density at radius 2 is 2.15 bits per heavy atom. The Morgan fingerprint density at radius 1 is 1.33 bits per heavy atom. The molecule has 0 radical (unpaired) electrons. The standard InChI is InChI=1S/C18H16F2N4OS2/c1-10(17(25)21-14-7-4-11(19)9-13(14)20)27-18-23-22-16(15-3-2-8-26-15)24(18)12-5-6-12/h2-4,7-10,12H,5-6H2,1H3,(H,21,25). The lowest BCUT2D eigenvalue weighted by Gasteiger charge is -2.13. The number of benzene rings is 1. The highest BCUT2D eigenvalue weighted by molar-refractivity contribution is 8.00. The summed E-state index contributed by atoms with van der Waals surface area (Å²) in [7, 11) is 0. The predicted molar refractivity (Wildman–Crippen MR) is 102 cm³/mol. The van der Waals surface area contributed by atoms with Crippen molar-refractivity contribution in [2.45, 2.75) is 36.2 Å². The second-order valence-corrected chi connectivity index (χ2v) is 8.51. The molecule has 0 spiro atoms. The molecule has 27 heavy (non-hydrogen) atoms. The van der Waals surface area contributed by atoms with Crippen LogP contribution in [-0.2, 0) is 4.79 Å². The highest BCUT2D eigenvalue weighted by atomic mass is 32.2. The molecule has 2 aromatic heterocycles. The molecule has 5 nitrogen and oxygen atoms in total. The van der Waals surface area contributed by atoms with Gasteiger partial charge in [0.05, 0.1) is 15.8 Å². The van der Waals surface area contributed by atoms with Gasteiger partial charge in [-0.2, -0.15) is 0 Å². The molecular weight excluding hydrogens is 390 g/mol. The van der Waals surface area contributed by atoms with E-state index in [0.717, 1.165) is 35.7 Å². The molecule has 2 heterocycles. The van der Waals surface area contributed by atoms with Gasteiger partial charge in [-0.1, -0.05) is 17.8 Å². The molecule has 9 heteroatoms. The minimum Gasteiger partial charge on any atom is -0.323 e. The third-order valence-corrected chi connectivity index (χ3v) is 6.08. The third kappa shape index (κ3) is 3.89. The van der Waals surface area contributed by atoms with Crippen LogP contribution >= 0.6 is 23.1 Å². The van der Waals surface area contributed by atoms with Crippen molar-refractivity contribution in [3.8, 4) is 10.7 Å². The third-order valence-electron chi connectivity index (χ3n) is 4.16. The van der Waals surface area contributed by atoms with E-state index in [-0.39, 0.29) is 11.6 Å². The molecule has 1 atom stereocenters. The summed E-state index contributed by atoms with van der Waals surface area (Å²) in [4.78, 5) is 13.5. The van der Waals surface area contributed by atoms with Gasteiger partial charge in [-0.25, -0.2) is 8.78 Å². The number of amides is 1. The summed E-state index contributed by atoms with van der Waals surface area (Å²) in [5, 5.41) is 13.2. The number of thiophene rings is 1. The Hall–Kier alpha value is -2.26. The predicted octanol–water partition coefficient (Wildman–Crippen LogP) is 4.74. The number of hydrogen-bond donors (Lipinski definition) is 1. The Balaban J connectivity index is 1.51. The summed E-state index contributed by atoms with van der Waals surface area (Å²) in [6.45, 7) is 1.72. The lowest BCUT2D eigenvalue weighted by Crippen LogP contribution is -2.23. The Labute approximate surface area is 162 Å². The second kappa shape index (κ2) is 7.40. The van der Waals surface area contributed by atoms with E-state index in [9.17, 15) is 13.6 Å². The van der Waals surface area contributed by atoms with E-state index in [1.807, 2.05) is 17.5 Å². The molecule has 1 saturated carbocycles. The molecule has 0 aliphatic heterocycles. The van der Waals surface area contributed by atoms with Crippen LogP contribution in [0.3, 0.4) is 0 Å². The van der Waals surface area contributed by atoms with Crippen molar-refractivity contribution in [1.82, 2.24) is 14.8 Å². The molecule has 0 saturated heterocycles. The van der Waals surface area contributed by atoms with Crippen LogP contribution in [0.2, 0.25) is 0 Å². The summed E-state index contributed by atoms with van der Waals surface area (Å²) in [5.41, 5.74) is -0.0446. The molecule has 1 unspecified atom stereocenters. The number of carbonyl (C=O) groups is 1. The molecule has 0 bridgehead atoms. The quantitative estimate of drug-likeness (QED) is 0.601. The Kier molecular flexibility index (Phi) is 4.96. The van der Waals surface area contributed by atoms with Gasteiger partial charge in [0, 0.05) is 12.1 Å². The van der Waals surface area contributed by atoms with Gasteiger partial charge < -0.3 is 5.32 Å². The van der Waals surface area contributed by atoms with Crippen molar-refractivity contribution >= 4 is 34.7 Å². The van der Waals surface area contributed by atoms with Crippen LogP contribution in [0.5, 0.6) is 0 Å². The molecule has 3 aromatic rings. The fourth-order valence-corrected chi connectivity index (χ4v) is 4.25. The first-order valence-electron chi connectivity index (χ1n) is 8.44. The fourth-order valence-electron chi connectivity index (χ4n) is 2.63. The number of nitrogens with one attached hydrogen (secondary N) is 1. The van der Waals surface area contributed by atoms with Gasteiger partial charge in [0.1, 0.15) is 11.6 Å². The van der Waals surface area contributed by atoms with Crippen LogP contribution in [0.25, 0.3) is 10.7 Å². The van der Waals surface area contributed by atoms with E-state index in [2.05, 4.69) is 20.1 Å². The number of carbonyl (C=O) groups excluding carboxylic acids is 1. The zero-order valence-corrected chi connectivity index (χ0v) is 16.0. The van der Waals surface area contributed by atoms with Crippen molar-refractivity contribution in [2.75, 3.05) is 5.32 Å². The SMILES string of the molecule is CC(Sc1nnc(-c2cccs2)n1C1CC1)C(=O)Nc1ccc(F)cc1F. The first kappa shape index (κ1) is 18.1. The van der Waals surface area contributed by atoms with Gasteiger partial charge in [0.2, 0.25) is 5.91 Å². The fraction of sp³-hybridized carbons (Fsp3) is 0.278. The topological polar surface area (TPSA) is 59.8 Å². The lowest BCUT2D eigenvalue weighted by molar-refractivity contribution is -0.115. The van der Waals surface area contributed by atoms with Crippen LogP contribution in [0, 0.1) is 11.6 Å². The van der Waals surface area contributed by atoms with Crippen molar-refractivity contribution < 1.29 is 13.6 Å². The normalized spacial score (nSPS) is 14.9. The molecular formula is C18H16F2N4OS2. The van der Waals surface area contributed by atoms with E-state index in [0.29, 0.717) is 11.2 Å². The molecule has 4 rings (SSSR count). The van der Waals surface area contributed by atoms with Crippen LogP contribution in [0.4, 0.5) is 14.5 Å². The number of hydrogen-bond acceptors (Lipinski definition) is 5. The maximum atomic E-state index is 13.8. The first-order valence-corrected chi connectivity index (χ1v) is 10.2. The number of anilines is 1. The van der Waals surface area contributed by atoms with E-state index < -0.39 is 16.9 Å². The highest BCUT2D eigenvalue weighted by Crippen LogP contribution is 2.42. The maximum absolute atomic E-state index is 13.8. The molecule has 140 valence electrons. The zero-order chi connectivity index (χ0) is 19.0. The monoisotopic (exact) mass is 406 g/mol. The average Bonchev–Trinajstić information content (AvgIpc) is 3.16. The molecule has 1 aromatic carbocycles. The average molecular weight is 406 g/mol. The van der Waals surface area contributed by atoms with E-state index in [1.54, 1.807) is 18.3 Å². The molecule has 1 aliphatic carbocycles. The summed E-state index contributed by atoms with van der Waals surface area (Å²) in [5.74, 6) is -1.06. The lowest BCUT2D eigenvalue weighted by atomic mass is 10.3. The molecule has 1 aliphatic rings. The number of nitrogens with zero attached hydrogens (tertiary/aromatic N) is 3. The van der Waals surface area contributed by atoms with Crippen molar-refractivity contribution in [2.24, 2.45) is 0 Å². The second-order valence-electron chi connectivity index (χ2n) is 6.26. The smallest absolute Gasteiger partial charge is 0.237 e. The molecule has 1 fully saturated rings. The van der Waals surface area contributed by atoms with Gasteiger partial charge >= 0.3 is 0 Å². The summed E-state index contributed by atoms with van der Waals surface area (Å²) < 4.78 is 28.8. The Morgan fingerprint density at radius 3 is 2.81 bits per heavy atom. The largest absolute Gasteiger partial charge is 0.323 e. The first-order chi connectivity index (χ1) is 13.0. The highest BCUT2D eigenvalue weighted by Gasteiger charge is 2.31. The van der Waals surface area contributed by atoms with Crippen LogP contribution < -0.4 is 5.32 Å². The van der Waals surface area contributed by atoms with E-state index >= 15 is 0 Å². The number of thioether (sulfide) groups is 1. The van der Waals surface area contributed by atoms with Crippen LogP contribution in [0.15, 0.2) is 40.9 Å². The van der Waals surface area contributed by atoms with Crippen LogP contribution in [0.1, 0.15) is 25.8 Å². The van der Waals surface area contributed by atoms with Crippen LogP contribution in [-0.4, -0.2) is 25.9 Å².